The van der Waals surface area contributed by atoms with Crippen LogP contribution >= 0.6 is 27.5 Å². The first-order valence-corrected chi connectivity index (χ1v) is 7.67. The van der Waals surface area contributed by atoms with E-state index in [2.05, 4.69) is 26.3 Å². The van der Waals surface area contributed by atoms with Gasteiger partial charge in [0.05, 0.1) is 5.69 Å². The molecule has 0 fully saturated rings. The monoisotopic (exact) mass is 361 g/mol. The second-order valence-electron chi connectivity index (χ2n) is 4.59. The maximum absolute atomic E-state index is 6.21. The Kier molecular flexibility index (Phi) is 4.27. The van der Waals surface area contributed by atoms with E-state index in [0.717, 1.165) is 26.4 Å². The summed E-state index contributed by atoms with van der Waals surface area (Å²) in [6.45, 7) is 0.688. The fourth-order valence-corrected chi connectivity index (χ4v) is 2.76. The summed E-state index contributed by atoms with van der Waals surface area (Å²) < 4.78 is 2.81. The average molecular weight is 363 g/mol. The number of rotatable bonds is 4. The van der Waals surface area contributed by atoms with Crippen LogP contribution in [0.3, 0.4) is 0 Å². The number of hydrogen-bond donors (Lipinski definition) is 1. The Hall–Kier alpha value is -1.78. The van der Waals surface area contributed by atoms with Gasteiger partial charge in [0.25, 0.3) is 0 Å². The predicted molar refractivity (Wildman–Crippen MR) is 90.0 cm³/mol. The lowest BCUT2D eigenvalue weighted by atomic mass is 10.2. The van der Waals surface area contributed by atoms with E-state index >= 15 is 0 Å². The first kappa shape index (κ1) is 14.2. The number of halogens is 2. The van der Waals surface area contributed by atoms with Crippen molar-refractivity contribution in [2.75, 3.05) is 5.32 Å². The molecule has 0 bridgehead atoms. The Morgan fingerprint density at radius 2 is 1.95 bits per heavy atom. The van der Waals surface area contributed by atoms with E-state index in [4.69, 9.17) is 11.6 Å². The molecular formula is C16H13BrClN3. The minimum atomic E-state index is 0.688. The molecule has 1 heterocycles. The van der Waals surface area contributed by atoms with Crippen LogP contribution in [-0.4, -0.2) is 9.78 Å². The summed E-state index contributed by atoms with van der Waals surface area (Å²) in [4.78, 5) is 0. The summed E-state index contributed by atoms with van der Waals surface area (Å²) in [6.07, 6.45) is 3.69. The van der Waals surface area contributed by atoms with Crippen molar-refractivity contribution < 1.29 is 0 Å². The van der Waals surface area contributed by atoms with E-state index in [1.54, 1.807) is 6.20 Å². The Bertz CT molecular complexity index is 724. The van der Waals surface area contributed by atoms with Crippen molar-refractivity contribution in [3.63, 3.8) is 0 Å². The Morgan fingerprint density at radius 3 is 2.62 bits per heavy atom. The highest BCUT2D eigenvalue weighted by Crippen LogP contribution is 2.22. The largest absolute Gasteiger partial charge is 0.381 e. The van der Waals surface area contributed by atoms with Crippen LogP contribution in [0.2, 0.25) is 5.02 Å². The number of nitrogens with zero attached hydrogens (tertiary/aromatic N) is 2. The molecule has 3 nitrogen and oxygen atoms in total. The first-order chi connectivity index (χ1) is 10.2. The van der Waals surface area contributed by atoms with Crippen LogP contribution < -0.4 is 5.32 Å². The van der Waals surface area contributed by atoms with Crippen LogP contribution in [0.25, 0.3) is 5.69 Å². The molecule has 0 saturated carbocycles. The molecule has 0 aliphatic heterocycles. The molecule has 0 saturated heterocycles. The lowest BCUT2D eigenvalue weighted by molar-refractivity contribution is 0.880. The molecule has 0 aliphatic carbocycles. The van der Waals surface area contributed by atoms with Gasteiger partial charge in [0.2, 0.25) is 0 Å². The number of nitrogens with one attached hydrogen (secondary N) is 1. The van der Waals surface area contributed by atoms with E-state index < -0.39 is 0 Å². The van der Waals surface area contributed by atoms with E-state index in [-0.39, 0.29) is 0 Å². The number of aromatic nitrogens is 2. The number of benzene rings is 2. The highest BCUT2D eigenvalue weighted by molar-refractivity contribution is 9.10. The summed E-state index contributed by atoms with van der Waals surface area (Å²) in [7, 11) is 0. The highest BCUT2D eigenvalue weighted by atomic mass is 79.9. The molecule has 3 rings (SSSR count). The third kappa shape index (κ3) is 3.46. The molecule has 0 amide bonds. The van der Waals surface area contributed by atoms with Crippen molar-refractivity contribution in [2.24, 2.45) is 0 Å². The third-order valence-electron chi connectivity index (χ3n) is 3.13. The molecule has 0 spiro atoms. The number of hydrogen-bond acceptors (Lipinski definition) is 2. The average Bonchev–Trinajstić information content (AvgIpc) is 3.01. The molecule has 2 aromatic carbocycles. The quantitative estimate of drug-likeness (QED) is 0.715. The Labute approximate surface area is 136 Å². The summed E-state index contributed by atoms with van der Waals surface area (Å²) in [5.41, 5.74) is 3.15. The molecule has 0 atom stereocenters. The molecule has 0 aliphatic rings. The van der Waals surface area contributed by atoms with Crippen LogP contribution in [0, 0.1) is 0 Å². The maximum Gasteiger partial charge on any atom is 0.0647 e. The van der Waals surface area contributed by atoms with Crippen molar-refractivity contribution in [1.82, 2.24) is 9.78 Å². The summed E-state index contributed by atoms with van der Waals surface area (Å²) >= 11 is 9.61. The van der Waals surface area contributed by atoms with Gasteiger partial charge >= 0.3 is 0 Å². The van der Waals surface area contributed by atoms with Gasteiger partial charge in [-0.05, 0) is 48.0 Å². The molecule has 1 aromatic heterocycles. The lowest BCUT2D eigenvalue weighted by Gasteiger charge is -2.09. The van der Waals surface area contributed by atoms with E-state index in [0.29, 0.717) is 6.54 Å². The van der Waals surface area contributed by atoms with Gasteiger partial charge in [-0.25, -0.2) is 4.68 Å². The Morgan fingerprint density at radius 1 is 1.14 bits per heavy atom. The topological polar surface area (TPSA) is 29.9 Å². The standard InChI is InChI=1S/C16H13BrClN3/c17-13-3-2-12(16(18)10-13)11-19-14-4-6-15(7-5-14)21-9-1-8-20-21/h1-10,19H,11H2. The molecule has 0 unspecified atom stereocenters. The Balaban J connectivity index is 1.68. The van der Waals surface area contributed by atoms with Gasteiger partial charge in [-0.2, -0.15) is 5.10 Å². The van der Waals surface area contributed by atoms with E-state index in [1.165, 1.54) is 0 Å². The van der Waals surface area contributed by atoms with Gasteiger partial charge < -0.3 is 5.32 Å². The SMILES string of the molecule is Clc1cc(Br)ccc1CNc1ccc(-n2cccn2)cc1. The van der Waals surface area contributed by atoms with Gasteiger partial charge in [-0.1, -0.05) is 33.6 Å². The summed E-state index contributed by atoms with van der Waals surface area (Å²) in [6, 6.07) is 15.9. The van der Waals surface area contributed by atoms with Crippen molar-refractivity contribution in [3.8, 4) is 5.69 Å². The fourth-order valence-electron chi connectivity index (χ4n) is 2.02. The molecule has 5 heteroatoms. The first-order valence-electron chi connectivity index (χ1n) is 6.50. The second-order valence-corrected chi connectivity index (χ2v) is 5.91. The van der Waals surface area contributed by atoms with E-state index in [1.807, 2.05) is 59.4 Å². The normalized spacial score (nSPS) is 10.6. The summed E-state index contributed by atoms with van der Waals surface area (Å²) in [5.74, 6) is 0. The predicted octanol–water partition coefficient (Wildman–Crippen LogP) is 4.90. The van der Waals surface area contributed by atoms with Gasteiger partial charge in [0.15, 0.2) is 0 Å². The molecule has 0 radical (unpaired) electrons. The second kappa shape index (κ2) is 6.33. The van der Waals surface area contributed by atoms with E-state index in [9.17, 15) is 0 Å². The van der Waals surface area contributed by atoms with Crippen molar-refractivity contribution in [2.45, 2.75) is 6.54 Å². The van der Waals surface area contributed by atoms with Crippen molar-refractivity contribution in [1.29, 1.82) is 0 Å². The van der Waals surface area contributed by atoms with Crippen molar-refractivity contribution in [3.05, 3.63) is 76.0 Å². The highest BCUT2D eigenvalue weighted by Gasteiger charge is 2.02. The van der Waals surface area contributed by atoms with Crippen LogP contribution in [0.15, 0.2) is 65.4 Å². The molecule has 106 valence electrons. The molecular weight excluding hydrogens is 350 g/mol. The smallest absolute Gasteiger partial charge is 0.0647 e. The van der Waals surface area contributed by atoms with Gasteiger partial charge in [-0.15, -0.1) is 0 Å². The summed E-state index contributed by atoms with van der Waals surface area (Å²) in [5, 5.41) is 8.32. The molecule has 21 heavy (non-hydrogen) atoms. The van der Waals surface area contributed by atoms with Crippen LogP contribution in [-0.2, 0) is 6.54 Å². The van der Waals surface area contributed by atoms with Crippen LogP contribution in [0.5, 0.6) is 0 Å². The lowest BCUT2D eigenvalue weighted by Crippen LogP contribution is -2.00. The minimum absolute atomic E-state index is 0.688. The van der Waals surface area contributed by atoms with Crippen molar-refractivity contribution >= 4 is 33.2 Å². The zero-order valence-electron chi connectivity index (χ0n) is 11.1. The minimum Gasteiger partial charge on any atom is -0.381 e. The fraction of sp³-hybridized carbons (Fsp3) is 0.0625. The number of anilines is 1. The van der Waals surface area contributed by atoms with Gasteiger partial charge in [0.1, 0.15) is 0 Å². The molecule has 3 aromatic rings. The maximum atomic E-state index is 6.21. The van der Waals surface area contributed by atoms with Gasteiger partial charge in [0, 0.05) is 34.1 Å². The zero-order chi connectivity index (χ0) is 14.7. The van der Waals surface area contributed by atoms with Gasteiger partial charge in [-0.3, -0.25) is 0 Å². The molecule has 1 N–H and O–H groups in total. The zero-order valence-corrected chi connectivity index (χ0v) is 13.5. The van der Waals surface area contributed by atoms with Crippen LogP contribution in [0.1, 0.15) is 5.56 Å². The van der Waals surface area contributed by atoms with Crippen LogP contribution in [0.4, 0.5) is 5.69 Å². The third-order valence-corrected chi connectivity index (χ3v) is 3.98.